The molecule has 0 amide bonds. The first-order valence-corrected chi connectivity index (χ1v) is 6.20. The van der Waals surface area contributed by atoms with Crippen LogP contribution in [0.25, 0.3) is 10.8 Å². The van der Waals surface area contributed by atoms with Crippen molar-refractivity contribution in [3.63, 3.8) is 0 Å². The normalized spacial score (nSPS) is 11.6. The molecule has 1 N–H and O–H groups in total. The van der Waals surface area contributed by atoms with E-state index in [1.165, 1.54) is 24.5 Å². The summed E-state index contributed by atoms with van der Waals surface area (Å²) in [7, 11) is 0. The largest absolute Gasteiger partial charge is 0.389 e. The summed E-state index contributed by atoms with van der Waals surface area (Å²) in [6, 6.07) is 4.40. The molecule has 0 bridgehead atoms. The molecule has 0 aliphatic carbocycles. The minimum Gasteiger partial charge on any atom is -0.385 e. The topological polar surface area (TPSA) is 68.1 Å². The molecule has 0 saturated carbocycles. The number of benzene rings is 1. The van der Waals surface area contributed by atoms with Crippen LogP contribution in [0.2, 0.25) is 0 Å². The number of rotatable bonds is 5. The molecule has 2 aromatic rings. The van der Waals surface area contributed by atoms with Gasteiger partial charge in [0.1, 0.15) is 0 Å². The molecule has 0 unspecified atom stereocenters. The summed E-state index contributed by atoms with van der Waals surface area (Å²) in [5, 5.41) is 14.7. The molecule has 0 fully saturated rings. The predicted molar refractivity (Wildman–Crippen MR) is 72.2 cm³/mol. The van der Waals surface area contributed by atoms with E-state index in [1.54, 1.807) is 6.07 Å². The van der Waals surface area contributed by atoms with Gasteiger partial charge in [-0.15, -0.1) is 0 Å². The number of alkyl halides is 3. The van der Waals surface area contributed by atoms with Gasteiger partial charge >= 0.3 is 6.18 Å². The number of halogens is 3. The molecule has 0 aliphatic rings. The van der Waals surface area contributed by atoms with Crippen LogP contribution in [-0.2, 0) is 0 Å². The number of hydrogen-bond donors (Lipinski definition) is 1. The Morgan fingerprint density at radius 2 is 2.00 bits per heavy atom. The van der Waals surface area contributed by atoms with Gasteiger partial charge < -0.3 is 5.32 Å². The lowest BCUT2D eigenvalue weighted by molar-refractivity contribution is -0.383. The number of nitro benzene ring substituents is 1. The average Bonchev–Trinajstić information content (AvgIpc) is 2.42. The number of non-ortho nitro benzene ring substituents is 1. The van der Waals surface area contributed by atoms with Crippen LogP contribution in [0.15, 0.2) is 30.6 Å². The molecule has 2 rings (SSSR count). The maximum atomic E-state index is 12.1. The molecule has 0 radical (unpaired) electrons. The summed E-state index contributed by atoms with van der Waals surface area (Å²) in [5.41, 5.74) is 0.471. The molecule has 0 spiro atoms. The smallest absolute Gasteiger partial charge is 0.385 e. The molecule has 8 heteroatoms. The first-order chi connectivity index (χ1) is 9.88. The van der Waals surface area contributed by atoms with Crippen LogP contribution in [0, 0.1) is 10.1 Å². The van der Waals surface area contributed by atoms with Crippen LogP contribution >= 0.6 is 0 Å². The van der Waals surface area contributed by atoms with E-state index in [4.69, 9.17) is 0 Å². The van der Waals surface area contributed by atoms with E-state index in [0.29, 0.717) is 16.5 Å². The molecule has 5 nitrogen and oxygen atoms in total. The van der Waals surface area contributed by atoms with Gasteiger partial charge in [0.15, 0.2) is 0 Å². The van der Waals surface area contributed by atoms with Crippen molar-refractivity contribution in [3.8, 4) is 0 Å². The summed E-state index contributed by atoms with van der Waals surface area (Å²) in [6.07, 6.45) is -2.26. The van der Waals surface area contributed by atoms with Crippen molar-refractivity contribution < 1.29 is 18.1 Å². The minimum atomic E-state index is -4.18. The van der Waals surface area contributed by atoms with Crippen LogP contribution < -0.4 is 5.32 Å². The summed E-state index contributed by atoms with van der Waals surface area (Å²) in [6.45, 7) is 0.134. The molecule has 0 aliphatic heterocycles. The van der Waals surface area contributed by atoms with Crippen molar-refractivity contribution in [2.24, 2.45) is 0 Å². The zero-order chi connectivity index (χ0) is 15.5. The number of hydrogen-bond acceptors (Lipinski definition) is 4. The van der Waals surface area contributed by atoms with Gasteiger partial charge in [0.2, 0.25) is 0 Å². The van der Waals surface area contributed by atoms with E-state index in [2.05, 4.69) is 10.3 Å². The van der Waals surface area contributed by atoms with Gasteiger partial charge in [-0.25, -0.2) is 0 Å². The van der Waals surface area contributed by atoms with E-state index in [9.17, 15) is 23.3 Å². The molecule has 0 saturated heterocycles. The van der Waals surface area contributed by atoms with Crippen LogP contribution in [0.4, 0.5) is 24.5 Å². The van der Waals surface area contributed by atoms with Gasteiger partial charge in [-0.3, -0.25) is 15.1 Å². The van der Waals surface area contributed by atoms with Crippen molar-refractivity contribution >= 4 is 22.1 Å². The monoisotopic (exact) mass is 299 g/mol. The minimum absolute atomic E-state index is 0.0624. The number of nitro groups is 1. The molecule has 1 aromatic carbocycles. The zero-order valence-electron chi connectivity index (χ0n) is 10.9. The highest BCUT2D eigenvalue weighted by atomic mass is 19.4. The number of anilines is 1. The molecular weight excluding hydrogens is 287 g/mol. The molecule has 21 heavy (non-hydrogen) atoms. The third kappa shape index (κ3) is 3.80. The fourth-order valence-corrected chi connectivity index (χ4v) is 2.00. The van der Waals surface area contributed by atoms with Crippen molar-refractivity contribution in [1.29, 1.82) is 0 Å². The van der Waals surface area contributed by atoms with E-state index >= 15 is 0 Å². The lowest BCUT2D eigenvalue weighted by Gasteiger charge is -2.11. The Labute approximate surface area is 117 Å². The summed E-state index contributed by atoms with van der Waals surface area (Å²) in [4.78, 5) is 14.3. The van der Waals surface area contributed by atoms with Gasteiger partial charge in [-0.2, -0.15) is 13.2 Å². The second kappa shape index (κ2) is 5.94. The fraction of sp³-hybridized carbons (Fsp3) is 0.308. The SMILES string of the molecule is O=[N+]([O-])c1ccc(NCCCC(F)(F)F)c2ccncc12. The maximum absolute atomic E-state index is 12.1. The predicted octanol–water partition coefficient (Wildman–Crippen LogP) is 3.90. The van der Waals surface area contributed by atoms with Gasteiger partial charge in [0, 0.05) is 42.5 Å². The van der Waals surface area contributed by atoms with Crippen LogP contribution in [0.5, 0.6) is 0 Å². The quantitative estimate of drug-likeness (QED) is 0.516. The van der Waals surface area contributed by atoms with Gasteiger partial charge in [-0.05, 0) is 18.6 Å². The number of nitrogens with zero attached hydrogens (tertiary/aromatic N) is 2. The zero-order valence-corrected chi connectivity index (χ0v) is 10.9. The summed E-state index contributed by atoms with van der Waals surface area (Å²) < 4.78 is 36.2. The highest BCUT2D eigenvalue weighted by molar-refractivity contribution is 5.99. The third-order valence-electron chi connectivity index (χ3n) is 2.94. The van der Waals surface area contributed by atoms with Crippen molar-refractivity contribution in [2.75, 3.05) is 11.9 Å². The van der Waals surface area contributed by atoms with Gasteiger partial charge in [0.25, 0.3) is 5.69 Å². The third-order valence-corrected chi connectivity index (χ3v) is 2.94. The van der Waals surface area contributed by atoms with E-state index in [1.807, 2.05) is 0 Å². The van der Waals surface area contributed by atoms with Crippen LogP contribution in [0.3, 0.4) is 0 Å². The second-order valence-electron chi connectivity index (χ2n) is 4.46. The number of pyridine rings is 1. The first kappa shape index (κ1) is 15.0. The molecule has 0 atom stereocenters. The average molecular weight is 299 g/mol. The number of aromatic nitrogens is 1. The maximum Gasteiger partial charge on any atom is 0.389 e. The standard InChI is InChI=1S/C13H12F3N3O2/c14-13(15,16)5-1-6-18-11-2-3-12(19(20)21)10-8-17-7-4-9(10)11/h2-4,7-8,18H,1,5-6H2. The summed E-state index contributed by atoms with van der Waals surface area (Å²) in [5.74, 6) is 0. The summed E-state index contributed by atoms with van der Waals surface area (Å²) >= 11 is 0. The van der Waals surface area contributed by atoms with Gasteiger partial charge in [-0.1, -0.05) is 0 Å². The highest BCUT2D eigenvalue weighted by Gasteiger charge is 2.25. The number of nitrogens with one attached hydrogen (secondary N) is 1. The van der Waals surface area contributed by atoms with E-state index in [-0.39, 0.29) is 18.7 Å². The van der Waals surface area contributed by atoms with Gasteiger partial charge in [0.05, 0.1) is 10.3 Å². The lowest BCUT2D eigenvalue weighted by Crippen LogP contribution is -2.11. The Morgan fingerprint density at radius 1 is 1.24 bits per heavy atom. The fourth-order valence-electron chi connectivity index (χ4n) is 2.00. The van der Waals surface area contributed by atoms with Crippen LogP contribution in [-0.4, -0.2) is 22.6 Å². The number of fused-ring (bicyclic) bond motifs is 1. The van der Waals surface area contributed by atoms with Crippen molar-refractivity contribution in [2.45, 2.75) is 19.0 Å². The molecule has 1 heterocycles. The molecular formula is C13H12F3N3O2. The molecule has 112 valence electrons. The lowest BCUT2D eigenvalue weighted by atomic mass is 10.1. The Hall–Kier alpha value is -2.38. The van der Waals surface area contributed by atoms with E-state index < -0.39 is 17.5 Å². The Balaban J connectivity index is 2.18. The van der Waals surface area contributed by atoms with Crippen molar-refractivity contribution in [3.05, 3.63) is 40.7 Å². The molecule has 1 aromatic heterocycles. The van der Waals surface area contributed by atoms with Crippen LogP contribution in [0.1, 0.15) is 12.8 Å². The first-order valence-electron chi connectivity index (χ1n) is 6.20. The van der Waals surface area contributed by atoms with E-state index in [0.717, 1.165) is 0 Å². The van der Waals surface area contributed by atoms with Crippen molar-refractivity contribution in [1.82, 2.24) is 4.98 Å². The highest BCUT2D eigenvalue weighted by Crippen LogP contribution is 2.30. The second-order valence-corrected chi connectivity index (χ2v) is 4.46. The Kier molecular flexibility index (Phi) is 4.25. The Bertz CT molecular complexity index is 659. The Morgan fingerprint density at radius 3 is 2.67 bits per heavy atom.